The Morgan fingerprint density at radius 2 is 1.44 bits per heavy atom. The van der Waals surface area contributed by atoms with E-state index in [2.05, 4.69) is 40.0 Å². The Balaban J connectivity index is 1.35. The quantitative estimate of drug-likeness (QED) is 0.213. The minimum Gasteiger partial charge on any atom is -0.347 e. The molecule has 5 aliphatic rings. The van der Waals surface area contributed by atoms with Crippen molar-refractivity contribution in [1.29, 1.82) is 0 Å². The van der Waals surface area contributed by atoms with Crippen molar-refractivity contribution in [1.82, 2.24) is 31.1 Å². The molecular formula is C41H70N6O7S. The summed E-state index contributed by atoms with van der Waals surface area (Å²) in [4.78, 5) is 72.8. The Hall–Kier alpha value is -2.74. The van der Waals surface area contributed by atoms with Crippen molar-refractivity contribution in [2.24, 2.45) is 17.3 Å². The maximum atomic E-state index is 14.6. The third kappa shape index (κ3) is 10.4. The molecular weight excluding hydrogens is 721 g/mol. The number of fused-ring (bicyclic) bond motifs is 3. The molecule has 5 fully saturated rings. The van der Waals surface area contributed by atoms with Gasteiger partial charge in [-0.25, -0.2) is 13.2 Å². The van der Waals surface area contributed by atoms with Crippen LogP contribution in [-0.4, -0.2) is 114 Å². The second-order valence-corrected chi connectivity index (χ2v) is 21.2. The van der Waals surface area contributed by atoms with E-state index in [9.17, 15) is 32.4 Å². The lowest BCUT2D eigenvalue weighted by Crippen LogP contribution is -2.62. The second kappa shape index (κ2) is 17.8. The predicted molar refractivity (Wildman–Crippen MR) is 213 cm³/mol. The Morgan fingerprint density at radius 1 is 0.855 bits per heavy atom. The number of ketones is 1. The van der Waals surface area contributed by atoms with Crippen molar-refractivity contribution in [2.75, 3.05) is 31.9 Å². The molecule has 2 aliphatic heterocycles. The van der Waals surface area contributed by atoms with E-state index in [-0.39, 0.29) is 35.0 Å². The maximum Gasteiger partial charge on any atom is 0.315 e. The standard InChI is InChI=1S/C41H70N6O7S/c1-7-46(8-2)26-39(3,4)55(53,54)27-41(23-17-14-18-24-41)45-38(52)44-31-20-16-13-11-9-10-12-15-19-30(34(48)36(50)42-28-21-22-28)43-35(49)33-32-29(40(32,5)6)25-47(33)37(31)51/h28-33H,7-27H2,1-6H3,(H,42,50)(H,43,49)(H2,44,45,52)/t29-,30+,31+,32-,33-/m0/s1. The summed E-state index contributed by atoms with van der Waals surface area (Å²) in [5, 5.41) is 11.8. The molecule has 4 N–H and O–H groups in total. The van der Waals surface area contributed by atoms with E-state index < -0.39 is 61.9 Å². The van der Waals surface area contributed by atoms with E-state index in [4.69, 9.17) is 0 Å². The van der Waals surface area contributed by atoms with Gasteiger partial charge in [0.1, 0.15) is 12.1 Å². The van der Waals surface area contributed by atoms with Gasteiger partial charge in [-0.15, -0.1) is 0 Å². The number of rotatable bonds is 12. The van der Waals surface area contributed by atoms with Gasteiger partial charge in [-0.3, -0.25) is 19.2 Å². The van der Waals surface area contributed by atoms with E-state index in [1.807, 2.05) is 13.8 Å². The van der Waals surface area contributed by atoms with E-state index in [0.29, 0.717) is 51.6 Å². The fourth-order valence-electron chi connectivity index (χ4n) is 9.63. The zero-order valence-corrected chi connectivity index (χ0v) is 35.3. The van der Waals surface area contributed by atoms with Crippen molar-refractivity contribution in [2.45, 2.75) is 179 Å². The van der Waals surface area contributed by atoms with E-state index >= 15 is 0 Å². The minimum absolute atomic E-state index is 0.0118. The number of Topliss-reactive ketones (excluding diaryl/α,β-unsaturated/α-hetero) is 1. The molecule has 55 heavy (non-hydrogen) atoms. The maximum absolute atomic E-state index is 14.6. The van der Waals surface area contributed by atoms with E-state index in [1.165, 1.54) is 0 Å². The fraction of sp³-hybridized carbons (Fsp3) is 0.878. The number of nitrogens with one attached hydrogen (secondary N) is 4. The number of carbonyl (C=O) groups excluding carboxylic acids is 5. The Bertz CT molecular complexity index is 1520. The SMILES string of the molecule is CCN(CC)CC(C)(C)S(=O)(=O)CC1(NC(=O)N[C@@H]2CCCCCCCCC[C@H](C(=O)C(=O)NC3CC3)NC(=O)[C@@H]3[C@@H]4[C@H](CN3C2=O)C4(C)C)CCCCC1. The van der Waals surface area contributed by atoms with Crippen LogP contribution in [0.1, 0.15) is 144 Å². The minimum atomic E-state index is -3.66. The molecule has 13 nitrogen and oxygen atoms in total. The summed E-state index contributed by atoms with van der Waals surface area (Å²) in [6.45, 7) is 14.0. The topological polar surface area (TPSA) is 174 Å². The number of piperidine rings is 1. The van der Waals surface area contributed by atoms with Gasteiger partial charge in [0.25, 0.3) is 5.91 Å². The summed E-state index contributed by atoms with van der Waals surface area (Å²) in [5.74, 6) is -2.29. The zero-order chi connectivity index (χ0) is 40.2. The molecule has 5 amide bonds. The summed E-state index contributed by atoms with van der Waals surface area (Å²) in [5.41, 5.74) is -1.14. The lowest BCUT2D eigenvalue weighted by molar-refractivity contribution is -0.144. The monoisotopic (exact) mass is 791 g/mol. The average molecular weight is 791 g/mol. The molecule has 312 valence electrons. The molecule has 0 unspecified atom stereocenters. The first-order chi connectivity index (χ1) is 25.9. The zero-order valence-electron chi connectivity index (χ0n) is 34.5. The molecule has 2 heterocycles. The number of nitrogens with zero attached hydrogens (tertiary/aromatic N) is 2. The number of sulfone groups is 1. The van der Waals surface area contributed by atoms with Gasteiger partial charge in [0.05, 0.1) is 22.1 Å². The molecule has 5 atom stereocenters. The van der Waals surface area contributed by atoms with Gasteiger partial charge in [0.15, 0.2) is 9.84 Å². The third-order valence-corrected chi connectivity index (χ3v) is 16.4. The first-order valence-corrected chi connectivity index (χ1v) is 23.1. The largest absolute Gasteiger partial charge is 0.347 e. The van der Waals surface area contributed by atoms with Crippen molar-refractivity contribution in [3.63, 3.8) is 0 Å². The van der Waals surface area contributed by atoms with Crippen molar-refractivity contribution in [3.05, 3.63) is 0 Å². The Kier molecular flexibility index (Phi) is 14.1. The molecule has 0 aromatic carbocycles. The molecule has 3 aliphatic carbocycles. The van der Waals surface area contributed by atoms with Gasteiger partial charge in [-0.05, 0) is 82.7 Å². The number of carbonyl (C=O) groups is 5. The molecule has 0 radical (unpaired) electrons. The summed E-state index contributed by atoms with van der Waals surface area (Å²) < 4.78 is 27.1. The second-order valence-electron chi connectivity index (χ2n) is 18.6. The van der Waals surface area contributed by atoms with Crippen molar-refractivity contribution in [3.8, 4) is 0 Å². The van der Waals surface area contributed by atoms with Gasteiger partial charge >= 0.3 is 6.03 Å². The molecule has 5 rings (SSSR count). The number of hydrogen-bond donors (Lipinski definition) is 4. The van der Waals surface area contributed by atoms with Gasteiger partial charge < -0.3 is 31.1 Å². The number of hydrogen-bond acceptors (Lipinski definition) is 8. The summed E-state index contributed by atoms with van der Waals surface area (Å²) in [6.07, 6.45) is 12.1. The smallest absolute Gasteiger partial charge is 0.315 e. The first-order valence-electron chi connectivity index (χ1n) is 21.4. The molecule has 2 saturated heterocycles. The van der Waals surface area contributed by atoms with Crippen LogP contribution in [0.5, 0.6) is 0 Å². The van der Waals surface area contributed by atoms with Crippen LogP contribution >= 0.6 is 0 Å². The van der Waals surface area contributed by atoms with Gasteiger partial charge in [0, 0.05) is 19.1 Å². The van der Waals surface area contributed by atoms with Crippen LogP contribution in [0.2, 0.25) is 0 Å². The van der Waals surface area contributed by atoms with Crippen LogP contribution in [0.15, 0.2) is 0 Å². The summed E-state index contributed by atoms with van der Waals surface area (Å²) in [7, 11) is -3.66. The van der Waals surface area contributed by atoms with Crippen LogP contribution in [0.25, 0.3) is 0 Å². The number of urea groups is 1. The van der Waals surface area contributed by atoms with Gasteiger partial charge in [0.2, 0.25) is 17.6 Å². The normalized spacial score (nSPS) is 29.1. The Morgan fingerprint density at radius 3 is 2.04 bits per heavy atom. The molecule has 0 aromatic heterocycles. The highest BCUT2D eigenvalue weighted by molar-refractivity contribution is 7.92. The third-order valence-electron chi connectivity index (χ3n) is 13.6. The first kappa shape index (κ1) is 43.4. The van der Waals surface area contributed by atoms with E-state index in [1.54, 1.807) is 18.7 Å². The van der Waals surface area contributed by atoms with Crippen molar-refractivity contribution >= 4 is 39.4 Å². The molecule has 14 heteroatoms. The lowest BCUT2D eigenvalue weighted by atomic mass is 9.83. The highest BCUT2D eigenvalue weighted by Crippen LogP contribution is 2.65. The highest BCUT2D eigenvalue weighted by atomic mass is 32.2. The number of amides is 5. The highest BCUT2D eigenvalue weighted by Gasteiger charge is 2.69. The summed E-state index contributed by atoms with van der Waals surface area (Å²) >= 11 is 0. The van der Waals surface area contributed by atoms with Crippen LogP contribution in [-0.2, 0) is 29.0 Å². The molecule has 0 spiro atoms. The predicted octanol–water partition coefficient (Wildman–Crippen LogP) is 4.23. The molecule has 0 aromatic rings. The summed E-state index contributed by atoms with van der Waals surface area (Å²) in [6, 6.07) is -3.28. The lowest BCUT2D eigenvalue weighted by Gasteiger charge is -2.41. The fourth-order valence-corrected chi connectivity index (χ4v) is 11.5. The average Bonchev–Trinajstić information content (AvgIpc) is 3.98. The van der Waals surface area contributed by atoms with Crippen LogP contribution in [0, 0.1) is 17.3 Å². The Labute approximate surface area is 329 Å². The van der Waals surface area contributed by atoms with Gasteiger partial charge in [-0.1, -0.05) is 91.9 Å². The van der Waals surface area contributed by atoms with Crippen LogP contribution in [0.4, 0.5) is 4.79 Å². The van der Waals surface area contributed by atoms with Gasteiger partial charge in [-0.2, -0.15) is 0 Å². The van der Waals surface area contributed by atoms with E-state index in [0.717, 1.165) is 77.3 Å². The van der Waals surface area contributed by atoms with Crippen LogP contribution < -0.4 is 21.3 Å². The van der Waals surface area contributed by atoms with Crippen molar-refractivity contribution < 1.29 is 32.4 Å². The molecule has 0 bridgehead atoms. The van der Waals surface area contributed by atoms with Crippen LogP contribution in [0.3, 0.4) is 0 Å². The molecule has 3 saturated carbocycles.